The normalized spacial score (nSPS) is 22.8. The van der Waals surface area contributed by atoms with E-state index in [1.807, 2.05) is 0 Å². The largest absolute Gasteiger partial charge is 0.401 e. The summed E-state index contributed by atoms with van der Waals surface area (Å²) in [6.45, 7) is 15.6. The molecule has 1 fully saturated rings. The number of likely N-dealkylation sites (tertiary alicyclic amines) is 1. The van der Waals surface area contributed by atoms with Gasteiger partial charge in [0.05, 0.1) is 6.04 Å². The number of nitrogens with two attached hydrogens (primary N) is 1. The molecule has 1 aromatic carbocycles. The summed E-state index contributed by atoms with van der Waals surface area (Å²) in [4.78, 5) is 5.16. The Hall–Kier alpha value is -1.32. The zero-order chi connectivity index (χ0) is 17.5. The minimum Gasteiger partial charge on any atom is -0.401 e. The molecular formula is C21H35N3. The molecule has 0 saturated carbocycles. The van der Waals surface area contributed by atoms with Crippen LogP contribution in [0.15, 0.2) is 42.6 Å². The summed E-state index contributed by atoms with van der Waals surface area (Å²) in [5.74, 6) is 0.590. The van der Waals surface area contributed by atoms with E-state index in [0.29, 0.717) is 12.0 Å². The zero-order valence-electron chi connectivity index (χ0n) is 15.7. The highest BCUT2D eigenvalue weighted by Crippen LogP contribution is 2.35. The molecule has 1 heterocycles. The van der Waals surface area contributed by atoms with Crippen LogP contribution in [-0.4, -0.2) is 42.0 Å². The Morgan fingerprint density at radius 3 is 2.42 bits per heavy atom. The van der Waals surface area contributed by atoms with Crippen molar-refractivity contribution in [3.63, 3.8) is 0 Å². The van der Waals surface area contributed by atoms with Crippen molar-refractivity contribution in [1.29, 1.82) is 0 Å². The lowest BCUT2D eigenvalue weighted by molar-refractivity contribution is 0.166. The Labute approximate surface area is 148 Å². The molecule has 24 heavy (non-hydrogen) atoms. The van der Waals surface area contributed by atoms with E-state index in [1.165, 1.54) is 37.9 Å². The summed E-state index contributed by atoms with van der Waals surface area (Å²) < 4.78 is 0. The van der Waals surface area contributed by atoms with Crippen molar-refractivity contribution >= 4 is 0 Å². The Morgan fingerprint density at radius 1 is 1.25 bits per heavy atom. The highest BCUT2D eigenvalue weighted by atomic mass is 15.2. The average Bonchev–Trinajstić information content (AvgIpc) is 2.99. The maximum atomic E-state index is 6.26. The van der Waals surface area contributed by atoms with Crippen molar-refractivity contribution in [2.24, 2.45) is 11.7 Å². The molecule has 0 bridgehead atoms. The molecule has 0 spiro atoms. The summed E-state index contributed by atoms with van der Waals surface area (Å²) in [7, 11) is 0. The summed E-state index contributed by atoms with van der Waals surface area (Å²) in [5.41, 5.74) is 8.45. The third-order valence-electron chi connectivity index (χ3n) is 5.29. The second kappa shape index (κ2) is 9.24. The van der Waals surface area contributed by atoms with Crippen LogP contribution in [0.3, 0.4) is 0 Å². The standard InChI is InChI=1S/C21H35N3/c1-5-13-23(14-6-2)16-20-12-15-24(21(20)17(3)22)18(4)19-10-8-7-9-11-19/h7-11,18,20-21H,3,5-6,12-16,22H2,1-2,4H3. The third kappa shape index (κ3) is 4.61. The van der Waals surface area contributed by atoms with Gasteiger partial charge in [-0.05, 0) is 57.3 Å². The van der Waals surface area contributed by atoms with Gasteiger partial charge < -0.3 is 10.6 Å². The molecule has 2 rings (SSSR count). The van der Waals surface area contributed by atoms with E-state index in [9.17, 15) is 0 Å². The minimum absolute atomic E-state index is 0.288. The lowest BCUT2D eigenvalue weighted by atomic mass is 9.96. The van der Waals surface area contributed by atoms with Crippen LogP contribution in [0.25, 0.3) is 0 Å². The molecule has 1 aliphatic heterocycles. The van der Waals surface area contributed by atoms with Crippen molar-refractivity contribution in [3.05, 3.63) is 48.2 Å². The predicted octanol–water partition coefficient (Wildman–Crippen LogP) is 4.03. The van der Waals surface area contributed by atoms with Gasteiger partial charge in [-0.15, -0.1) is 0 Å². The molecule has 3 unspecified atom stereocenters. The Morgan fingerprint density at radius 2 is 1.88 bits per heavy atom. The maximum Gasteiger partial charge on any atom is 0.0533 e. The van der Waals surface area contributed by atoms with Crippen molar-refractivity contribution in [2.75, 3.05) is 26.2 Å². The number of rotatable bonds is 9. The van der Waals surface area contributed by atoms with Crippen molar-refractivity contribution in [1.82, 2.24) is 9.80 Å². The quantitative estimate of drug-likeness (QED) is 0.742. The van der Waals surface area contributed by atoms with Gasteiger partial charge >= 0.3 is 0 Å². The summed E-state index contributed by atoms with van der Waals surface area (Å²) in [6, 6.07) is 11.4. The molecule has 3 nitrogen and oxygen atoms in total. The SMILES string of the molecule is C=C(N)C1C(CN(CCC)CCC)CCN1C(C)c1ccccc1. The molecule has 1 aliphatic rings. The fourth-order valence-electron chi connectivity index (χ4n) is 4.21. The first kappa shape index (κ1) is 19.0. The van der Waals surface area contributed by atoms with Crippen LogP contribution in [0.4, 0.5) is 0 Å². The Kier molecular flexibility index (Phi) is 7.32. The Bertz CT molecular complexity index is 493. The molecule has 3 heteroatoms. The molecule has 1 aromatic rings. The zero-order valence-corrected chi connectivity index (χ0v) is 15.7. The number of benzene rings is 1. The van der Waals surface area contributed by atoms with Crippen LogP contribution in [-0.2, 0) is 0 Å². The first-order valence-electron chi connectivity index (χ1n) is 9.55. The van der Waals surface area contributed by atoms with Crippen LogP contribution in [0, 0.1) is 5.92 Å². The lowest BCUT2D eigenvalue weighted by Crippen LogP contribution is -2.42. The maximum absolute atomic E-state index is 6.26. The minimum atomic E-state index is 0.288. The fraction of sp³-hybridized carbons (Fsp3) is 0.619. The van der Waals surface area contributed by atoms with E-state index in [0.717, 1.165) is 18.8 Å². The van der Waals surface area contributed by atoms with Gasteiger partial charge in [-0.3, -0.25) is 4.90 Å². The Balaban J connectivity index is 2.10. The molecule has 0 radical (unpaired) electrons. The van der Waals surface area contributed by atoms with E-state index < -0.39 is 0 Å². The smallest absolute Gasteiger partial charge is 0.0533 e. The topological polar surface area (TPSA) is 32.5 Å². The summed E-state index contributed by atoms with van der Waals surface area (Å²) >= 11 is 0. The monoisotopic (exact) mass is 329 g/mol. The van der Waals surface area contributed by atoms with Gasteiger partial charge in [-0.25, -0.2) is 0 Å². The molecule has 2 N–H and O–H groups in total. The van der Waals surface area contributed by atoms with Crippen LogP contribution in [0.1, 0.15) is 51.6 Å². The fourth-order valence-corrected chi connectivity index (χ4v) is 4.21. The van der Waals surface area contributed by atoms with Gasteiger partial charge in [-0.1, -0.05) is 50.8 Å². The molecule has 134 valence electrons. The average molecular weight is 330 g/mol. The van der Waals surface area contributed by atoms with E-state index in [-0.39, 0.29) is 6.04 Å². The second-order valence-electron chi connectivity index (χ2n) is 7.19. The van der Waals surface area contributed by atoms with E-state index >= 15 is 0 Å². The molecule has 0 amide bonds. The third-order valence-corrected chi connectivity index (χ3v) is 5.29. The van der Waals surface area contributed by atoms with E-state index in [4.69, 9.17) is 5.73 Å². The van der Waals surface area contributed by atoms with Gasteiger partial charge in [0.2, 0.25) is 0 Å². The predicted molar refractivity (Wildman–Crippen MR) is 104 cm³/mol. The molecular weight excluding hydrogens is 294 g/mol. The van der Waals surface area contributed by atoms with Gasteiger partial charge in [0, 0.05) is 18.3 Å². The summed E-state index contributed by atoms with van der Waals surface area (Å²) in [5, 5.41) is 0. The molecule has 0 aliphatic carbocycles. The number of hydrogen-bond donors (Lipinski definition) is 1. The van der Waals surface area contributed by atoms with Gasteiger partial charge in [-0.2, -0.15) is 0 Å². The van der Waals surface area contributed by atoms with Gasteiger partial charge in [0.25, 0.3) is 0 Å². The highest BCUT2D eigenvalue weighted by molar-refractivity contribution is 5.21. The molecule has 0 aromatic heterocycles. The van der Waals surface area contributed by atoms with Gasteiger partial charge in [0.15, 0.2) is 0 Å². The first-order chi connectivity index (χ1) is 11.6. The lowest BCUT2D eigenvalue weighted by Gasteiger charge is -2.35. The molecule has 1 saturated heterocycles. The van der Waals surface area contributed by atoms with E-state index in [1.54, 1.807) is 0 Å². The van der Waals surface area contributed by atoms with Crippen LogP contribution >= 0.6 is 0 Å². The van der Waals surface area contributed by atoms with Crippen LogP contribution < -0.4 is 5.73 Å². The van der Waals surface area contributed by atoms with Crippen LogP contribution in [0.5, 0.6) is 0 Å². The van der Waals surface area contributed by atoms with E-state index in [2.05, 4.69) is 67.5 Å². The summed E-state index contributed by atoms with van der Waals surface area (Å²) in [6.07, 6.45) is 3.64. The van der Waals surface area contributed by atoms with Crippen molar-refractivity contribution in [3.8, 4) is 0 Å². The van der Waals surface area contributed by atoms with Crippen molar-refractivity contribution < 1.29 is 0 Å². The van der Waals surface area contributed by atoms with Crippen molar-refractivity contribution in [2.45, 2.75) is 52.1 Å². The number of nitrogens with zero attached hydrogens (tertiary/aromatic N) is 2. The second-order valence-corrected chi connectivity index (χ2v) is 7.19. The number of hydrogen-bond acceptors (Lipinski definition) is 3. The highest BCUT2D eigenvalue weighted by Gasteiger charge is 2.38. The van der Waals surface area contributed by atoms with Crippen LogP contribution in [0.2, 0.25) is 0 Å². The van der Waals surface area contributed by atoms with Gasteiger partial charge in [0.1, 0.15) is 0 Å². The molecule has 3 atom stereocenters. The first-order valence-corrected chi connectivity index (χ1v) is 9.55.